The number of nitro benzene ring substituents is 1. The zero-order valence-corrected chi connectivity index (χ0v) is 12.4. The molecule has 112 valence electrons. The summed E-state index contributed by atoms with van der Waals surface area (Å²) in [5, 5.41) is 22.4. The molecule has 0 aliphatic heterocycles. The van der Waals surface area contributed by atoms with Crippen molar-refractivity contribution < 1.29 is 4.92 Å². The molecule has 2 rings (SSSR count). The molecule has 0 radical (unpaired) electrons. The van der Waals surface area contributed by atoms with Gasteiger partial charge in [-0.1, -0.05) is 25.1 Å². The molecular formula is C14H19N5O2. The SMILES string of the molecule is Cc1c(-n2cc(CNCC(C)C)nn2)cccc1[N+](=O)[O-]. The molecule has 0 spiro atoms. The third-order valence-corrected chi connectivity index (χ3v) is 3.12. The van der Waals surface area contributed by atoms with Crippen LogP contribution in [0.1, 0.15) is 25.1 Å². The minimum absolute atomic E-state index is 0.0856. The fourth-order valence-corrected chi connectivity index (χ4v) is 2.04. The van der Waals surface area contributed by atoms with Crippen molar-refractivity contribution in [3.8, 4) is 5.69 Å². The lowest BCUT2D eigenvalue weighted by molar-refractivity contribution is -0.385. The molecule has 0 fully saturated rings. The van der Waals surface area contributed by atoms with Gasteiger partial charge in [-0.05, 0) is 25.5 Å². The number of benzene rings is 1. The second kappa shape index (κ2) is 6.45. The molecule has 1 N–H and O–H groups in total. The predicted molar refractivity (Wildman–Crippen MR) is 79.3 cm³/mol. The summed E-state index contributed by atoms with van der Waals surface area (Å²) in [7, 11) is 0. The first kappa shape index (κ1) is 15.1. The van der Waals surface area contributed by atoms with Crippen LogP contribution in [0.25, 0.3) is 5.69 Å². The van der Waals surface area contributed by atoms with E-state index in [1.165, 1.54) is 6.07 Å². The Labute approximate surface area is 123 Å². The third kappa shape index (κ3) is 3.63. The first-order valence-corrected chi connectivity index (χ1v) is 6.85. The minimum Gasteiger partial charge on any atom is -0.311 e. The number of rotatable bonds is 6. The van der Waals surface area contributed by atoms with E-state index in [0.717, 1.165) is 12.2 Å². The third-order valence-electron chi connectivity index (χ3n) is 3.12. The van der Waals surface area contributed by atoms with Crippen LogP contribution in [0.15, 0.2) is 24.4 Å². The number of nitro groups is 1. The molecule has 2 aromatic rings. The molecule has 1 aromatic carbocycles. The number of nitrogens with zero attached hydrogens (tertiary/aromatic N) is 4. The first-order valence-electron chi connectivity index (χ1n) is 6.85. The summed E-state index contributed by atoms with van der Waals surface area (Å²) in [5.74, 6) is 0.569. The summed E-state index contributed by atoms with van der Waals surface area (Å²) < 4.78 is 1.58. The van der Waals surface area contributed by atoms with Gasteiger partial charge in [-0.25, -0.2) is 4.68 Å². The van der Waals surface area contributed by atoms with Crippen molar-refractivity contribution in [2.75, 3.05) is 6.54 Å². The molecule has 7 nitrogen and oxygen atoms in total. The van der Waals surface area contributed by atoms with E-state index in [2.05, 4.69) is 29.5 Å². The Balaban J connectivity index is 2.18. The van der Waals surface area contributed by atoms with Crippen LogP contribution in [-0.4, -0.2) is 26.5 Å². The Hall–Kier alpha value is -2.28. The summed E-state index contributed by atoms with van der Waals surface area (Å²) in [6.07, 6.45) is 1.79. The second-order valence-corrected chi connectivity index (χ2v) is 5.36. The van der Waals surface area contributed by atoms with Crippen LogP contribution >= 0.6 is 0 Å². The second-order valence-electron chi connectivity index (χ2n) is 5.36. The number of hydrogen-bond acceptors (Lipinski definition) is 5. The monoisotopic (exact) mass is 289 g/mol. The number of nitrogens with one attached hydrogen (secondary N) is 1. The maximum Gasteiger partial charge on any atom is 0.274 e. The van der Waals surface area contributed by atoms with Gasteiger partial charge in [0.2, 0.25) is 0 Å². The summed E-state index contributed by atoms with van der Waals surface area (Å²) >= 11 is 0. The summed E-state index contributed by atoms with van der Waals surface area (Å²) in [6.45, 7) is 7.52. The van der Waals surface area contributed by atoms with Gasteiger partial charge in [-0.3, -0.25) is 10.1 Å². The van der Waals surface area contributed by atoms with Gasteiger partial charge < -0.3 is 5.32 Å². The number of aromatic nitrogens is 3. The molecule has 0 amide bonds. The van der Waals surface area contributed by atoms with Gasteiger partial charge in [0.15, 0.2) is 0 Å². The molecule has 0 atom stereocenters. The Morgan fingerprint density at radius 2 is 2.19 bits per heavy atom. The quantitative estimate of drug-likeness (QED) is 0.651. The van der Waals surface area contributed by atoms with E-state index in [9.17, 15) is 10.1 Å². The van der Waals surface area contributed by atoms with Crippen LogP contribution in [0.4, 0.5) is 5.69 Å². The highest BCUT2D eigenvalue weighted by molar-refractivity contribution is 5.52. The van der Waals surface area contributed by atoms with Gasteiger partial charge in [0.05, 0.1) is 28.1 Å². The van der Waals surface area contributed by atoms with E-state index in [0.29, 0.717) is 23.7 Å². The Bertz CT molecular complexity index is 636. The van der Waals surface area contributed by atoms with Crippen LogP contribution in [0.3, 0.4) is 0 Å². The van der Waals surface area contributed by atoms with E-state index < -0.39 is 0 Å². The van der Waals surface area contributed by atoms with E-state index >= 15 is 0 Å². The van der Waals surface area contributed by atoms with Crippen LogP contribution in [0.5, 0.6) is 0 Å². The van der Waals surface area contributed by atoms with Crippen molar-refractivity contribution in [2.24, 2.45) is 5.92 Å². The molecule has 1 aromatic heterocycles. The maximum atomic E-state index is 11.0. The average molecular weight is 289 g/mol. The highest BCUT2D eigenvalue weighted by atomic mass is 16.6. The van der Waals surface area contributed by atoms with Gasteiger partial charge in [0.1, 0.15) is 0 Å². The fraction of sp³-hybridized carbons (Fsp3) is 0.429. The normalized spacial score (nSPS) is 11.0. The lowest BCUT2D eigenvalue weighted by Gasteiger charge is -2.05. The molecular weight excluding hydrogens is 270 g/mol. The van der Waals surface area contributed by atoms with Crippen LogP contribution < -0.4 is 5.32 Å². The van der Waals surface area contributed by atoms with Gasteiger partial charge in [0, 0.05) is 12.6 Å². The van der Waals surface area contributed by atoms with E-state index in [-0.39, 0.29) is 10.6 Å². The van der Waals surface area contributed by atoms with Gasteiger partial charge in [-0.15, -0.1) is 5.10 Å². The van der Waals surface area contributed by atoms with E-state index in [4.69, 9.17) is 0 Å². The zero-order valence-electron chi connectivity index (χ0n) is 12.4. The van der Waals surface area contributed by atoms with Crippen molar-refractivity contribution in [3.63, 3.8) is 0 Å². The van der Waals surface area contributed by atoms with Crippen LogP contribution in [0, 0.1) is 23.0 Å². The van der Waals surface area contributed by atoms with E-state index in [1.807, 2.05) is 0 Å². The molecule has 0 unspecified atom stereocenters. The highest BCUT2D eigenvalue weighted by Crippen LogP contribution is 2.23. The Kier molecular flexibility index (Phi) is 4.64. The first-order chi connectivity index (χ1) is 9.99. The van der Waals surface area contributed by atoms with Crippen molar-refractivity contribution in [1.29, 1.82) is 0 Å². The molecule has 0 saturated heterocycles. The summed E-state index contributed by atoms with van der Waals surface area (Å²) in [6, 6.07) is 4.93. The van der Waals surface area contributed by atoms with Gasteiger partial charge in [-0.2, -0.15) is 0 Å². The van der Waals surface area contributed by atoms with Crippen LogP contribution in [0.2, 0.25) is 0 Å². The van der Waals surface area contributed by atoms with Crippen molar-refractivity contribution in [1.82, 2.24) is 20.3 Å². The topological polar surface area (TPSA) is 85.9 Å². The average Bonchev–Trinajstić information content (AvgIpc) is 2.86. The Morgan fingerprint density at radius 3 is 2.86 bits per heavy atom. The molecule has 21 heavy (non-hydrogen) atoms. The smallest absolute Gasteiger partial charge is 0.274 e. The van der Waals surface area contributed by atoms with Gasteiger partial charge >= 0.3 is 0 Å². The highest BCUT2D eigenvalue weighted by Gasteiger charge is 2.15. The molecule has 0 aliphatic carbocycles. The minimum atomic E-state index is -0.388. The molecule has 0 aliphatic rings. The van der Waals surface area contributed by atoms with Gasteiger partial charge in [0.25, 0.3) is 5.69 Å². The molecule has 1 heterocycles. The molecule has 0 bridgehead atoms. The van der Waals surface area contributed by atoms with Crippen LogP contribution in [-0.2, 0) is 6.54 Å². The predicted octanol–water partition coefficient (Wildman–Crippen LogP) is 2.23. The molecule has 0 saturated carbocycles. The number of hydrogen-bond donors (Lipinski definition) is 1. The van der Waals surface area contributed by atoms with Crippen molar-refractivity contribution in [3.05, 3.63) is 45.8 Å². The summed E-state index contributed by atoms with van der Waals surface area (Å²) in [4.78, 5) is 10.6. The standard InChI is InChI=1S/C14H19N5O2/c1-10(2)7-15-8-12-9-18(17-16-12)13-5-4-6-14(11(13)3)19(20)21/h4-6,9-10,15H,7-8H2,1-3H3. The summed E-state index contributed by atoms with van der Waals surface area (Å²) in [5.41, 5.74) is 2.14. The maximum absolute atomic E-state index is 11.0. The van der Waals surface area contributed by atoms with Crippen molar-refractivity contribution >= 4 is 5.69 Å². The zero-order chi connectivity index (χ0) is 15.4. The largest absolute Gasteiger partial charge is 0.311 e. The van der Waals surface area contributed by atoms with Crippen molar-refractivity contribution in [2.45, 2.75) is 27.3 Å². The lowest BCUT2D eigenvalue weighted by atomic mass is 10.1. The fourth-order valence-electron chi connectivity index (χ4n) is 2.04. The Morgan fingerprint density at radius 1 is 1.43 bits per heavy atom. The molecule has 7 heteroatoms. The lowest BCUT2D eigenvalue weighted by Crippen LogP contribution is -2.19. The van der Waals surface area contributed by atoms with E-state index in [1.54, 1.807) is 29.9 Å².